The number of hydrogen-bond acceptors (Lipinski definition) is 4. The molecule has 3 N–H and O–H groups in total. The van der Waals surface area contributed by atoms with E-state index in [1.165, 1.54) is 0 Å². The van der Waals surface area contributed by atoms with E-state index in [0.717, 1.165) is 36.1 Å². The SMILES string of the molecule is Nc1ccc(CCNC(=O)CN2C(=O)C3CCCCC3C2=O)cc1. The molecule has 1 heterocycles. The van der Waals surface area contributed by atoms with Crippen molar-refractivity contribution < 1.29 is 14.4 Å². The molecule has 1 aromatic rings. The van der Waals surface area contributed by atoms with Crippen LogP contribution in [0.4, 0.5) is 5.69 Å². The molecule has 1 saturated carbocycles. The lowest BCUT2D eigenvalue weighted by Gasteiger charge is -2.19. The Kier molecular flexibility index (Phi) is 4.83. The first-order chi connectivity index (χ1) is 11.6. The fourth-order valence-electron chi connectivity index (χ4n) is 3.62. The minimum Gasteiger partial charge on any atom is -0.399 e. The molecule has 0 aromatic heterocycles. The van der Waals surface area contributed by atoms with E-state index in [0.29, 0.717) is 18.7 Å². The van der Waals surface area contributed by atoms with Crippen molar-refractivity contribution in [1.82, 2.24) is 10.2 Å². The lowest BCUT2D eigenvalue weighted by Crippen LogP contribution is -2.41. The van der Waals surface area contributed by atoms with Gasteiger partial charge in [0.05, 0.1) is 11.8 Å². The number of nitrogens with two attached hydrogens (primary N) is 1. The maximum absolute atomic E-state index is 12.3. The van der Waals surface area contributed by atoms with Crippen molar-refractivity contribution in [2.24, 2.45) is 11.8 Å². The minimum atomic E-state index is -0.286. The fraction of sp³-hybridized carbons (Fsp3) is 0.500. The molecule has 3 amide bonds. The van der Waals surface area contributed by atoms with Gasteiger partial charge >= 0.3 is 0 Å². The number of nitrogen functional groups attached to an aromatic ring is 1. The minimum absolute atomic E-state index is 0.160. The Morgan fingerprint density at radius 2 is 1.67 bits per heavy atom. The number of nitrogens with zero attached hydrogens (tertiary/aromatic N) is 1. The number of carbonyl (C=O) groups is 3. The highest BCUT2D eigenvalue weighted by Gasteiger charge is 2.48. The first-order valence-electron chi connectivity index (χ1n) is 8.52. The first kappa shape index (κ1) is 16.5. The summed E-state index contributed by atoms with van der Waals surface area (Å²) < 4.78 is 0. The number of imide groups is 1. The van der Waals surface area contributed by atoms with E-state index in [1.807, 2.05) is 24.3 Å². The highest BCUT2D eigenvalue weighted by Crippen LogP contribution is 2.37. The van der Waals surface area contributed by atoms with Crippen molar-refractivity contribution in [3.8, 4) is 0 Å². The van der Waals surface area contributed by atoms with Crippen LogP contribution in [0.5, 0.6) is 0 Å². The molecule has 24 heavy (non-hydrogen) atoms. The molecule has 0 spiro atoms. The number of carbonyl (C=O) groups excluding carboxylic acids is 3. The molecule has 2 unspecified atom stereocenters. The molecule has 2 fully saturated rings. The van der Waals surface area contributed by atoms with Gasteiger partial charge in [-0.1, -0.05) is 25.0 Å². The van der Waals surface area contributed by atoms with Gasteiger partial charge in [-0.15, -0.1) is 0 Å². The van der Waals surface area contributed by atoms with Gasteiger partial charge in [0, 0.05) is 12.2 Å². The molecule has 6 nitrogen and oxygen atoms in total. The molecule has 0 radical (unpaired) electrons. The Bertz CT molecular complexity index is 617. The van der Waals surface area contributed by atoms with Gasteiger partial charge in [0.2, 0.25) is 17.7 Å². The van der Waals surface area contributed by atoms with Crippen LogP contribution in [0.15, 0.2) is 24.3 Å². The summed E-state index contributed by atoms with van der Waals surface area (Å²) in [4.78, 5) is 37.9. The summed E-state index contributed by atoms with van der Waals surface area (Å²) in [5.41, 5.74) is 7.41. The third-order valence-electron chi connectivity index (χ3n) is 4.95. The van der Waals surface area contributed by atoms with E-state index in [2.05, 4.69) is 5.32 Å². The topological polar surface area (TPSA) is 92.5 Å². The second-order valence-electron chi connectivity index (χ2n) is 6.60. The zero-order valence-corrected chi connectivity index (χ0v) is 13.7. The van der Waals surface area contributed by atoms with Crippen molar-refractivity contribution in [1.29, 1.82) is 0 Å². The van der Waals surface area contributed by atoms with Gasteiger partial charge in [-0.3, -0.25) is 19.3 Å². The summed E-state index contributed by atoms with van der Waals surface area (Å²) in [5.74, 6) is -1.02. The number of likely N-dealkylation sites (tertiary alicyclic amines) is 1. The third-order valence-corrected chi connectivity index (χ3v) is 4.95. The molecule has 1 aliphatic heterocycles. The monoisotopic (exact) mass is 329 g/mol. The highest BCUT2D eigenvalue weighted by molar-refractivity contribution is 6.07. The summed E-state index contributed by atoms with van der Waals surface area (Å²) in [6.45, 7) is 0.304. The van der Waals surface area contributed by atoms with Crippen LogP contribution in [0.1, 0.15) is 31.2 Å². The van der Waals surface area contributed by atoms with Crippen LogP contribution in [0.3, 0.4) is 0 Å². The van der Waals surface area contributed by atoms with Gasteiger partial charge in [0.1, 0.15) is 6.54 Å². The van der Waals surface area contributed by atoms with Crippen LogP contribution < -0.4 is 11.1 Å². The lowest BCUT2D eigenvalue weighted by molar-refractivity contribution is -0.143. The zero-order valence-electron chi connectivity index (χ0n) is 13.7. The molecule has 2 atom stereocenters. The van der Waals surface area contributed by atoms with E-state index >= 15 is 0 Å². The zero-order chi connectivity index (χ0) is 17.1. The van der Waals surface area contributed by atoms with E-state index in [4.69, 9.17) is 5.73 Å². The average molecular weight is 329 g/mol. The molecule has 1 aromatic carbocycles. The third kappa shape index (κ3) is 3.42. The predicted molar refractivity (Wildman–Crippen MR) is 89.7 cm³/mol. The second-order valence-corrected chi connectivity index (χ2v) is 6.60. The summed E-state index contributed by atoms with van der Waals surface area (Å²) in [6, 6.07) is 7.47. The Balaban J connectivity index is 1.48. The largest absolute Gasteiger partial charge is 0.399 e. The number of benzene rings is 1. The van der Waals surface area contributed by atoms with E-state index in [-0.39, 0.29) is 36.1 Å². The van der Waals surface area contributed by atoms with Crippen molar-refractivity contribution in [3.05, 3.63) is 29.8 Å². The van der Waals surface area contributed by atoms with Crippen LogP contribution in [-0.2, 0) is 20.8 Å². The smallest absolute Gasteiger partial charge is 0.240 e. The Morgan fingerprint density at radius 3 is 2.25 bits per heavy atom. The van der Waals surface area contributed by atoms with Gasteiger partial charge in [-0.25, -0.2) is 0 Å². The van der Waals surface area contributed by atoms with Crippen LogP contribution in [0.25, 0.3) is 0 Å². The number of amides is 3. The van der Waals surface area contributed by atoms with E-state index < -0.39 is 0 Å². The van der Waals surface area contributed by atoms with Crippen molar-refractivity contribution >= 4 is 23.4 Å². The summed E-state index contributed by atoms with van der Waals surface area (Å²) >= 11 is 0. The predicted octanol–water partition coefficient (Wildman–Crippen LogP) is 1.10. The van der Waals surface area contributed by atoms with Gasteiger partial charge in [0.25, 0.3) is 0 Å². The van der Waals surface area contributed by atoms with Crippen molar-refractivity contribution in [2.75, 3.05) is 18.8 Å². The van der Waals surface area contributed by atoms with Crippen LogP contribution in [0.2, 0.25) is 0 Å². The Hall–Kier alpha value is -2.37. The first-order valence-corrected chi connectivity index (χ1v) is 8.52. The average Bonchev–Trinajstić information content (AvgIpc) is 2.82. The maximum Gasteiger partial charge on any atom is 0.240 e. The molecular weight excluding hydrogens is 306 g/mol. The molecule has 2 aliphatic rings. The molecular formula is C18H23N3O3. The molecule has 6 heteroatoms. The Morgan fingerprint density at radius 1 is 1.08 bits per heavy atom. The second kappa shape index (κ2) is 7.03. The normalized spacial score (nSPS) is 23.2. The summed E-state index contributed by atoms with van der Waals surface area (Å²) in [5, 5.41) is 2.78. The number of rotatable bonds is 5. The quantitative estimate of drug-likeness (QED) is 0.625. The van der Waals surface area contributed by atoms with Crippen molar-refractivity contribution in [3.63, 3.8) is 0 Å². The van der Waals surface area contributed by atoms with Gasteiger partial charge in [0.15, 0.2) is 0 Å². The van der Waals surface area contributed by atoms with Gasteiger partial charge in [-0.2, -0.15) is 0 Å². The van der Waals surface area contributed by atoms with Crippen LogP contribution in [-0.4, -0.2) is 35.7 Å². The molecule has 128 valence electrons. The highest BCUT2D eigenvalue weighted by atomic mass is 16.2. The van der Waals surface area contributed by atoms with Gasteiger partial charge < -0.3 is 11.1 Å². The van der Waals surface area contributed by atoms with E-state index in [9.17, 15) is 14.4 Å². The summed E-state index contributed by atoms with van der Waals surface area (Å²) in [7, 11) is 0. The number of anilines is 1. The van der Waals surface area contributed by atoms with Gasteiger partial charge in [-0.05, 0) is 37.0 Å². The lowest BCUT2D eigenvalue weighted by atomic mass is 9.81. The van der Waals surface area contributed by atoms with E-state index in [1.54, 1.807) is 0 Å². The molecule has 1 aliphatic carbocycles. The summed E-state index contributed by atoms with van der Waals surface area (Å²) in [6.07, 6.45) is 4.19. The molecule has 3 rings (SSSR count). The van der Waals surface area contributed by atoms with Crippen LogP contribution >= 0.6 is 0 Å². The number of nitrogens with one attached hydrogen (secondary N) is 1. The molecule has 0 bridgehead atoms. The molecule has 1 saturated heterocycles. The Labute approximate surface area is 141 Å². The standard InChI is InChI=1S/C18H23N3O3/c19-13-7-5-12(6-8-13)9-10-20-16(22)11-21-17(23)14-3-1-2-4-15(14)18(21)24/h5-8,14-15H,1-4,9-11,19H2,(H,20,22). The maximum atomic E-state index is 12.3. The van der Waals surface area contributed by atoms with Crippen molar-refractivity contribution in [2.45, 2.75) is 32.1 Å². The fourth-order valence-corrected chi connectivity index (χ4v) is 3.62. The number of fused-ring (bicyclic) bond motifs is 1. The van der Waals surface area contributed by atoms with Crippen LogP contribution in [0, 0.1) is 11.8 Å². The number of hydrogen-bond donors (Lipinski definition) is 2.